The molecule has 0 bridgehead atoms. The van der Waals surface area contributed by atoms with Gasteiger partial charge in [-0.1, -0.05) is 29.3 Å². The second-order valence-electron chi connectivity index (χ2n) is 10.2. The fraction of sp³-hybridized carbons (Fsp3) is 0.419. The average Bonchev–Trinajstić information content (AvgIpc) is 3.64. The van der Waals surface area contributed by atoms with Gasteiger partial charge in [0, 0.05) is 29.5 Å². The Balaban J connectivity index is 1.54. The molecule has 0 atom stereocenters. The van der Waals surface area contributed by atoms with Crippen molar-refractivity contribution < 1.29 is 19.1 Å². The zero-order valence-corrected chi connectivity index (χ0v) is 26.2. The third kappa shape index (κ3) is 8.38. The first-order valence-corrected chi connectivity index (χ1v) is 15.4. The van der Waals surface area contributed by atoms with Gasteiger partial charge in [-0.3, -0.25) is 9.59 Å². The molecule has 2 aromatic carbocycles. The number of likely N-dealkylation sites (tertiary alicyclic amines) is 1. The van der Waals surface area contributed by atoms with Gasteiger partial charge in [-0.15, -0.1) is 11.3 Å². The molecule has 41 heavy (non-hydrogen) atoms. The summed E-state index contributed by atoms with van der Waals surface area (Å²) in [6, 6.07) is 12.7. The van der Waals surface area contributed by atoms with Gasteiger partial charge in [0.1, 0.15) is 6.54 Å². The van der Waals surface area contributed by atoms with Gasteiger partial charge < -0.3 is 24.2 Å². The number of nitrogens with zero attached hydrogens (tertiary/aromatic N) is 3. The molecule has 0 radical (unpaired) electrons. The molecule has 0 saturated carbocycles. The number of carbonyl (C=O) groups excluding carboxylic acids is 2. The lowest BCUT2D eigenvalue weighted by molar-refractivity contribution is -0.132. The third-order valence-corrected chi connectivity index (χ3v) is 8.99. The number of hydrogen-bond donors (Lipinski definition) is 0. The van der Waals surface area contributed by atoms with Gasteiger partial charge in [0.2, 0.25) is 5.91 Å². The van der Waals surface area contributed by atoms with Crippen LogP contribution in [0.5, 0.6) is 11.5 Å². The molecule has 2 amide bonds. The van der Waals surface area contributed by atoms with E-state index in [9.17, 15) is 9.59 Å². The van der Waals surface area contributed by atoms with Crippen molar-refractivity contribution in [3.05, 3.63) is 79.5 Å². The Labute approximate surface area is 256 Å². The van der Waals surface area contributed by atoms with Crippen LogP contribution in [0.4, 0.5) is 0 Å². The highest BCUT2D eigenvalue weighted by Crippen LogP contribution is 2.28. The summed E-state index contributed by atoms with van der Waals surface area (Å²) < 4.78 is 10.8. The first kappa shape index (κ1) is 31.2. The summed E-state index contributed by atoms with van der Waals surface area (Å²) in [7, 11) is 3.22. The minimum atomic E-state index is -0.272. The highest BCUT2D eigenvalue weighted by molar-refractivity contribution is 7.10. The van der Waals surface area contributed by atoms with E-state index in [0.717, 1.165) is 41.9 Å². The van der Waals surface area contributed by atoms with Crippen LogP contribution in [-0.2, 0) is 17.8 Å². The summed E-state index contributed by atoms with van der Waals surface area (Å²) in [5.74, 6) is 0.923. The minimum absolute atomic E-state index is 0.0397. The van der Waals surface area contributed by atoms with Gasteiger partial charge >= 0.3 is 0 Å². The van der Waals surface area contributed by atoms with Crippen LogP contribution in [0.3, 0.4) is 0 Å². The molecule has 0 spiro atoms. The van der Waals surface area contributed by atoms with Gasteiger partial charge in [0.15, 0.2) is 11.5 Å². The molecule has 0 unspecified atom stereocenters. The summed E-state index contributed by atoms with van der Waals surface area (Å²) in [4.78, 5) is 34.6. The van der Waals surface area contributed by atoms with Crippen molar-refractivity contribution in [3.8, 4) is 11.5 Å². The molecule has 10 heteroatoms. The molecule has 1 aliphatic rings. The standard InChI is InChI=1S/C31H37Cl2N3O4S/c1-22-11-17-41-29(22)20-35(14-10-23-6-9-27(39-2)28(18-23)40-3)30(37)21-36(16-15-34-12-4-5-13-34)31(38)25-8-7-24(32)19-26(25)33/h6-9,11,17-19H,4-5,10,12-16,20-21H2,1-3H3. The zero-order valence-electron chi connectivity index (χ0n) is 23.8. The van der Waals surface area contributed by atoms with Gasteiger partial charge in [-0.2, -0.15) is 0 Å². The van der Waals surface area contributed by atoms with Crippen molar-refractivity contribution >= 4 is 46.4 Å². The highest BCUT2D eigenvalue weighted by atomic mass is 35.5. The second kappa shape index (κ2) is 14.9. The Kier molecular flexibility index (Phi) is 11.3. The number of hydrogen-bond acceptors (Lipinski definition) is 6. The van der Waals surface area contributed by atoms with Crippen molar-refractivity contribution in [2.24, 2.45) is 0 Å². The van der Waals surface area contributed by atoms with Crippen molar-refractivity contribution in [2.45, 2.75) is 32.7 Å². The van der Waals surface area contributed by atoms with Crippen LogP contribution >= 0.6 is 34.5 Å². The van der Waals surface area contributed by atoms with Crippen LogP contribution in [0.15, 0.2) is 47.8 Å². The highest BCUT2D eigenvalue weighted by Gasteiger charge is 2.26. The minimum Gasteiger partial charge on any atom is -0.493 e. The predicted octanol–water partition coefficient (Wildman–Crippen LogP) is 6.19. The number of thiophene rings is 1. The van der Waals surface area contributed by atoms with Gasteiger partial charge in [-0.25, -0.2) is 0 Å². The van der Waals surface area contributed by atoms with E-state index in [2.05, 4.69) is 17.9 Å². The maximum atomic E-state index is 13.9. The summed E-state index contributed by atoms with van der Waals surface area (Å²) in [5, 5.41) is 2.77. The van der Waals surface area contributed by atoms with Crippen molar-refractivity contribution in [2.75, 3.05) is 53.5 Å². The Morgan fingerprint density at radius 2 is 1.71 bits per heavy atom. The quantitative estimate of drug-likeness (QED) is 0.229. The molecule has 0 aliphatic carbocycles. The molecular weight excluding hydrogens is 581 g/mol. The Morgan fingerprint density at radius 3 is 2.37 bits per heavy atom. The Morgan fingerprint density at radius 1 is 0.951 bits per heavy atom. The fourth-order valence-electron chi connectivity index (χ4n) is 4.95. The van der Waals surface area contributed by atoms with Crippen LogP contribution in [0.1, 0.15) is 39.2 Å². The van der Waals surface area contributed by atoms with E-state index in [1.165, 1.54) is 0 Å². The number of halogens is 2. The van der Waals surface area contributed by atoms with Crippen LogP contribution < -0.4 is 9.47 Å². The molecule has 7 nitrogen and oxygen atoms in total. The third-order valence-electron chi connectivity index (χ3n) is 7.43. The first-order chi connectivity index (χ1) is 19.8. The summed E-state index contributed by atoms with van der Waals surface area (Å²) in [5.41, 5.74) is 2.52. The lowest BCUT2D eigenvalue weighted by atomic mass is 10.1. The topological polar surface area (TPSA) is 62.3 Å². The molecule has 4 rings (SSSR count). The van der Waals surface area contributed by atoms with Crippen LogP contribution in [-0.4, -0.2) is 80.0 Å². The van der Waals surface area contributed by atoms with E-state index in [-0.39, 0.29) is 23.4 Å². The van der Waals surface area contributed by atoms with Crippen LogP contribution in [0.25, 0.3) is 0 Å². The molecule has 0 N–H and O–H groups in total. The number of amides is 2. The average molecular weight is 619 g/mol. The van der Waals surface area contributed by atoms with Gasteiger partial charge in [0.25, 0.3) is 5.91 Å². The number of carbonyl (C=O) groups is 2. The lowest BCUT2D eigenvalue weighted by Gasteiger charge is -2.29. The number of methoxy groups -OCH3 is 2. The van der Waals surface area contributed by atoms with Crippen LogP contribution in [0, 0.1) is 6.92 Å². The maximum absolute atomic E-state index is 13.9. The molecule has 220 valence electrons. The zero-order chi connectivity index (χ0) is 29.4. The molecule has 1 aromatic heterocycles. The fourth-order valence-corrected chi connectivity index (χ4v) is 6.36. The largest absolute Gasteiger partial charge is 0.493 e. The molecule has 1 saturated heterocycles. The first-order valence-electron chi connectivity index (χ1n) is 13.8. The van der Waals surface area contributed by atoms with E-state index in [1.807, 2.05) is 28.5 Å². The summed E-state index contributed by atoms with van der Waals surface area (Å²) >= 11 is 14.1. The summed E-state index contributed by atoms with van der Waals surface area (Å²) in [6.07, 6.45) is 2.93. The molecule has 1 aliphatic heterocycles. The molecular formula is C31H37Cl2N3O4S. The van der Waals surface area contributed by atoms with Crippen molar-refractivity contribution in [3.63, 3.8) is 0 Å². The van der Waals surface area contributed by atoms with E-state index < -0.39 is 0 Å². The SMILES string of the molecule is COc1ccc(CCN(Cc2sccc2C)C(=O)CN(CCN2CCCC2)C(=O)c2ccc(Cl)cc2Cl)cc1OC. The van der Waals surface area contributed by atoms with E-state index in [4.69, 9.17) is 32.7 Å². The maximum Gasteiger partial charge on any atom is 0.255 e. The molecule has 2 heterocycles. The van der Waals surface area contributed by atoms with Gasteiger partial charge in [0.05, 0.1) is 31.4 Å². The number of benzene rings is 2. The lowest BCUT2D eigenvalue weighted by Crippen LogP contribution is -2.45. The smallest absolute Gasteiger partial charge is 0.255 e. The second-order valence-corrected chi connectivity index (χ2v) is 12.0. The van der Waals surface area contributed by atoms with Gasteiger partial charge in [-0.05, 0) is 92.2 Å². The number of rotatable bonds is 13. The molecule has 3 aromatic rings. The predicted molar refractivity (Wildman–Crippen MR) is 166 cm³/mol. The Bertz CT molecular complexity index is 1340. The van der Waals surface area contributed by atoms with E-state index in [1.54, 1.807) is 48.7 Å². The number of aryl methyl sites for hydroxylation is 1. The molecule has 1 fully saturated rings. The Hall–Kier alpha value is -2.78. The van der Waals surface area contributed by atoms with Crippen molar-refractivity contribution in [1.29, 1.82) is 0 Å². The van der Waals surface area contributed by atoms with Crippen LogP contribution in [0.2, 0.25) is 10.0 Å². The van der Waals surface area contributed by atoms with E-state index in [0.29, 0.717) is 54.7 Å². The summed E-state index contributed by atoms with van der Waals surface area (Å²) in [6.45, 7) is 6.14. The number of ether oxygens (including phenoxy) is 2. The van der Waals surface area contributed by atoms with E-state index >= 15 is 0 Å². The van der Waals surface area contributed by atoms with Crippen molar-refractivity contribution in [1.82, 2.24) is 14.7 Å². The normalized spacial score (nSPS) is 13.3. The monoisotopic (exact) mass is 617 g/mol.